The molecule has 2 aliphatic carbocycles. The normalized spacial score (nSPS) is 21.7. The van der Waals surface area contributed by atoms with Gasteiger partial charge in [-0.15, -0.1) is 6.58 Å². The highest BCUT2D eigenvalue weighted by molar-refractivity contribution is 5.77. The summed E-state index contributed by atoms with van der Waals surface area (Å²) in [6.45, 7) is 10.1. The molecule has 1 saturated heterocycles. The molecule has 0 bridgehead atoms. The van der Waals surface area contributed by atoms with Crippen molar-refractivity contribution in [2.75, 3.05) is 43.4 Å². The Morgan fingerprint density at radius 2 is 1.80 bits per heavy atom. The second-order valence-corrected chi connectivity index (χ2v) is 11.9. The van der Waals surface area contributed by atoms with Crippen LogP contribution in [0.1, 0.15) is 37.4 Å². The van der Waals surface area contributed by atoms with Crippen LogP contribution in [0.4, 0.5) is 17.3 Å². The molecule has 0 unspecified atom stereocenters. The number of fused-ring (bicyclic) bond motifs is 2. The van der Waals surface area contributed by atoms with Gasteiger partial charge in [0.2, 0.25) is 5.95 Å². The lowest BCUT2D eigenvalue weighted by molar-refractivity contribution is -0.0371. The molecule has 2 fully saturated rings. The van der Waals surface area contributed by atoms with Crippen LogP contribution in [-0.4, -0.2) is 67.5 Å². The first-order chi connectivity index (χ1) is 19.8. The first-order valence-electron chi connectivity index (χ1n) is 14.4. The topological polar surface area (TPSA) is 104 Å². The molecule has 2 N–H and O–H groups in total. The molecule has 3 aliphatic rings. The van der Waals surface area contributed by atoms with Crippen LogP contribution in [0.3, 0.4) is 0 Å². The van der Waals surface area contributed by atoms with Crippen LogP contribution in [0.15, 0.2) is 60.0 Å². The summed E-state index contributed by atoms with van der Waals surface area (Å²) < 4.78 is 3.30. The molecule has 1 aromatic carbocycles. The van der Waals surface area contributed by atoms with Gasteiger partial charge < -0.3 is 20.2 Å². The van der Waals surface area contributed by atoms with Crippen LogP contribution in [-0.2, 0) is 18.6 Å². The van der Waals surface area contributed by atoms with Crippen LogP contribution >= 0.6 is 0 Å². The Labute approximate surface area is 238 Å². The lowest BCUT2D eigenvalue weighted by Gasteiger charge is -2.38. The Morgan fingerprint density at radius 3 is 2.51 bits per heavy atom. The van der Waals surface area contributed by atoms with E-state index < -0.39 is 5.60 Å². The molecular weight excluding hydrogens is 516 g/mol. The number of nitrogens with zero attached hydrogens (tertiary/aromatic N) is 7. The number of benzene rings is 1. The van der Waals surface area contributed by atoms with Gasteiger partial charge in [0.1, 0.15) is 11.0 Å². The Kier molecular flexibility index (Phi) is 6.02. The molecule has 10 heteroatoms. The Hall–Kier alpha value is -4.02. The highest BCUT2D eigenvalue weighted by Gasteiger charge is 2.59. The number of aromatic nitrogens is 5. The molecule has 212 valence electrons. The van der Waals surface area contributed by atoms with Gasteiger partial charge in [0.25, 0.3) is 5.56 Å². The number of allylic oxidation sites excluding steroid dienone is 1. The van der Waals surface area contributed by atoms with Gasteiger partial charge in [0.15, 0.2) is 11.5 Å². The average molecular weight is 553 g/mol. The molecule has 41 heavy (non-hydrogen) atoms. The Morgan fingerprint density at radius 1 is 1.05 bits per heavy atom. The zero-order valence-corrected chi connectivity index (χ0v) is 23.7. The summed E-state index contributed by atoms with van der Waals surface area (Å²) in [4.78, 5) is 32.4. The van der Waals surface area contributed by atoms with Crippen molar-refractivity contribution in [3.63, 3.8) is 0 Å². The van der Waals surface area contributed by atoms with E-state index in [0.29, 0.717) is 28.5 Å². The molecule has 7 rings (SSSR count). The number of nitrogens with one attached hydrogen (secondary N) is 1. The number of likely N-dealkylation sites (N-methyl/N-ethyl adjacent to an activating group) is 1. The van der Waals surface area contributed by atoms with Gasteiger partial charge >= 0.3 is 0 Å². The molecule has 1 saturated carbocycles. The lowest BCUT2D eigenvalue weighted by atomic mass is 9.72. The summed E-state index contributed by atoms with van der Waals surface area (Å²) in [7, 11) is 2.15. The van der Waals surface area contributed by atoms with E-state index in [-0.39, 0.29) is 17.5 Å². The third kappa shape index (κ3) is 4.24. The SMILES string of the molecule is C=CCn1c(=O)c2cnc(Nc3ccc(N4CCN(C)CC4)cc3)nc2n1-c1ccc2c(n1)[C@@](C)(O)C1(CC2)CC1. The fourth-order valence-electron chi connectivity index (χ4n) is 6.53. The number of piperazine rings is 1. The second-order valence-electron chi connectivity index (χ2n) is 11.9. The van der Waals surface area contributed by atoms with E-state index in [1.807, 2.05) is 31.2 Å². The minimum absolute atomic E-state index is 0.0929. The largest absolute Gasteiger partial charge is 0.383 e. The van der Waals surface area contributed by atoms with Crippen molar-refractivity contribution in [3.05, 3.63) is 76.9 Å². The van der Waals surface area contributed by atoms with E-state index in [4.69, 9.17) is 9.97 Å². The quantitative estimate of drug-likeness (QED) is 0.350. The van der Waals surface area contributed by atoms with Crippen molar-refractivity contribution in [3.8, 4) is 5.82 Å². The first kappa shape index (κ1) is 25.9. The number of rotatable bonds is 6. The third-order valence-electron chi connectivity index (χ3n) is 9.37. The van der Waals surface area contributed by atoms with Gasteiger partial charge in [0, 0.05) is 49.2 Å². The molecule has 3 aromatic heterocycles. The van der Waals surface area contributed by atoms with Crippen molar-refractivity contribution in [1.29, 1.82) is 0 Å². The van der Waals surface area contributed by atoms with Gasteiger partial charge in [-0.2, -0.15) is 4.98 Å². The van der Waals surface area contributed by atoms with E-state index in [1.165, 1.54) is 5.69 Å². The van der Waals surface area contributed by atoms with E-state index in [1.54, 1.807) is 21.6 Å². The number of anilines is 3. The second kappa shape index (κ2) is 9.53. The molecule has 10 nitrogen and oxygen atoms in total. The smallest absolute Gasteiger partial charge is 0.278 e. The van der Waals surface area contributed by atoms with Crippen molar-refractivity contribution >= 4 is 28.4 Å². The minimum atomic E-state index is -1.01. The van der Waals surface area contributed by atoms with Gasteiger partial charge in [0.05, 0.1) is 12.2 Å². The molecule has 4 heterocycles. The summed E-state index contributed by atoms with van der Waals surface area (Å²) >= 11 is 0. The Bertz CT molecular complexity index is 1690. The predicted octanol–water partition coefficient (Wildman–Crippen LogP) is 3.59. The predicted molar refractivity (Wildman–Crippen MR) is 160 cm³/mol. The van der Waals surface area contributed by atoms with Crippen LogP contribution in [0.25, 0.3) is 16.9 Å². The van der Waals surface area contributed by atoms with Gasteiger partial charge in [-0.3, -0.25) is 4.79 Å². The van der Waals surface area contributed by atoms with E-state index >= 15 is 0 Å². The molecule has 1 spiro atoms. The number of hydrogen-bond donors (Lipinski definition) is 2. The zero-order valence-electron chi connectivity index (χ0n) is 23.7. The summed E-state index contributed by atoms with van der Waals surface area (Å²) in [5.74, 6) is 0.924. The fraction of sp³-hybridized carbons (Fsp3) is 0.419. The highest BCUT2D eigenvalue weighted by Crippen LogP contribution is 2.63. The zero-order chi connectivity index (χ0) is 28.4. The number of aryl methyl sites for hydroxylation is 1. The third-order valence-corrected chi connectivity index (χ3v) is 9.37. The average Bonchev–Trinajstić information content (AvgIpc) is 3.72. The Balaban J connectivity index is 1.25. The first-order valence-corrected chi connectivity index (χ1v) is 14.4. The van der Waals surface area contributed by atoms with Crippen LogP contribution in [0.2, 0.25) is 0 Å². The van der Waals surface area contributed by atoms with Gasteiger partial charge in [-0.1, -0.05) is 12.1 Å². The van der Waals surface area contributed by atoms with Crippen molar-refractivity contribution in [2.24, 2.45) is 5.41 Å². The minimum Gasteiger partial charge on any atom is -0.383 e. The maximum absolute atomic E-state index is 13.4. The molecule has 1 aliphatic heterocycles. The number of hydrogen-bond acceptors (Lipinski definition) is 8. The maximum Gasteiger partial charge on any atom is 0.278 e. The molecular formula is C31H36N8O2. The van der Waals surface area contributed by atoms with E-state index in [0.717, 1.165) is 63.1 Å². The monoisotopic (exact) mass is 552 g/mol. The maximum atomic E-state index is 13.4. The lowest BCUT2D eigenvalue weighted by Crippen LogP contribution is -2.44. The van der Waals surface area contributed by atoms with Crippen molar-refractivity contribution < 1.29 is 5.11 Å². The molecule has 0 radical (unpaired) electrons. The standard InChI is InChI=1S/C31H36N8O2/c1-4-15-38-28(40)24-20-32-29(33-22-6-8-23(9-7-22)37-18-16-36(3)17-19-37)35-27(24)39(38)25-10-5-21-11-12-31(13-14-31)30(2,41)26(21)34-25/h4-10,20,41H,1,11-19H2,2-3H3,(H,32,33,35)/t30-/m1/s1. The highest BCUT2D eigenvalue weighted by atomic mass is 16.3. The van der Waals surface area contributed by atoms with Crippen molar-refractivity contribution in [2.45, 2.75) is 44.8 Å². The van der Waals surface area contributed by atoms with Gasteiger partial charge in [-0.25, -0.2) is 19.3 Å². The summed E-state index contributed by atoms with van der Waals surface area (Å²) in [6, 6.07) is 12.2. The number of aliphatic hydroxyl groups is 1. The molecule has 4 aromatic rings. The van der Waals surface area contributed by atoms with E-state index in [9.17, 15) is 9.90 Å². The molecule has 1 atom stereocenters. The summed E-state index contributed by atoms with van der Waals surface area (Å²) in [6.07, 6.45) is 7.14. The summed E-state index contributed by atoms with van der Waals surface area (Å²) in [5, 5.41) is 15.3. The van der Waals surface area contributed by atoms with Crippen molar-refractivity contribution in [1.82, 2.24) is 29.2 Å². The van der Waals surface area contributed by atoms with Crippen LogP contribution < -0.4 is 15.8 Å². The van der Waals surface area contributed by atoms with E-state index in [2.05, 4.69) is 45.9 Å². The van der Waals surface area contributed by atoms with Crippen LogP contribution in [0.5, 0.6) is 0 Å². The number of pyridine rings is 1. The van der Waals surface area contributed by atoms with Gasteiger partial charge in [-0.05, 0) is 75.5 Å². The molecule has 0 amide bonds. The summed E-state index contributed by atoms with van der Waals surface area (Å²) in [5.41, 5.74) is 2.94. The fourth-order valence-corrected chi connectivity index (χ4v) is 6.53. The van der Waals surface area contributed by atoms with Crippen LogP contribution in [0, 0.1) is 5.41 Å².